The van der Waals surface area contributed by atoms with Crippen molar-refractivity contribution in [2.45, 2.75) is 39.7 Å². The van der Waals surface area contributed by atoms with E-state index in [1.54, 1.807) is 6.20 Å². The quantitative estimate of drug-likeness (QED) is 0.586. The van der Waals surface area contributed by atoms with Gasteiger partial charge in [0.1, 0.15) is 23.3 Å². The second kappa shape index (κ2) is 5.69. The molecule has 0 aliphatic carbocycles. The van der Waals surface area contributed by atoms with Crippen LogP contribution in [0.5, 0.6) is 0 Å². The molecule has 7 heteroatoms. The number of aromatic nitrogens is 4. The third-order valence-electron chi connectivity index (χ3n) is 3.29. The minimum atomic E-state index is -0.154. The Morgan fingerprint density at radius 1 is 1.24 bits per heavy atom. The van der Waals surface area contributed by atoms with Crippen molar-refractivity contribution in [3.63, 3.8) is 0 Å². The van der Waals surface area contributed by atoms with E-state index in [9.17, 15) is 0 Å². The van der Waals surface area contributed by atoms with Gasteiger partial charge in [0.25, 0.3) is 0 Å². The summed E-state index contributed by atoms with van der Waals surface area (Å²) in [5.41, 5.74) is 3.38. The maximum absolute atomic E-state index is 5.56. The van der Waals surface area contributed by atoms with Gasteiger partial charge in [0.05, 0.1) is 6.54 Å². The van der Waals surface area contributed by atoms with E-state index in [0.29, 0.717) is 12.4 Å². The monoisotopic (exact) mass is 289 g/mol. The highest BCUT2D eigenvalue weighted by atomic mass is 15.3. The fourth-order valence-electron chi connectivity index (χ4n) is 1.89. The number of nitrogens with two attached hydrogens (primary N) is 1. The summed E-state index contributed by atoms with van der Waals surface area (Å²) in [6.07, 6.45) is 3.69. The standard InChI is InChI=1S/C14H23N7/c1-9-11(17-8-10-16-6-7-21(10)5)18-13(14(2,3)4)19-12(9)20-15/h6-7H,8,15H2,1-5H3,(H2,17,18,19,20). The molecular formula is C14H23N7. The molecule has 0 spiro atoms. The minimum absolute atomic E-state index is 0.154. The molecule has 2 aromatic rings. The van der Waals surface area contributed by atoms with Gasteiger partial charge in [-0.15, -0.1) is 0 Å². The van der Waals surface area contributed by atoms with E-state index in [1.165, 1.54) is 0 Å². The molecule has 0 aliphatic rings. The summed E-state index contributed by atoms with van der Waals surface area (Å²) in [6, 6.07) is 0. The van der Waals surface area contributed by atoms with Crippen molar-refractivity contribution < 1.29 is 0 Å². The van der Waals surface area contributed by atoms with Crippen LogP contribution in [-0.4, -0.2) is 19.5 Å². The Hall–Kier alpha value is -2.15. The highest BCUT2D eigenvalue weighted by molar-refractivity contribution is 5.57. The predicted molar refractivity (Wildman–Crippen MR) is 83.8 cm³/mol. The summed E-state index contributed by atoms with van der Waals surface area (Å²) in [5.74, 6) is 8.64. The molecule has 0 saturated carbocycles. The Balaban J connectivity index is 2.31. The molecule has 4 N–H and O–H groups in total. The zero-order chi connectivity index (χ0) is 15.6. The minimum Gasteiger partial charge on any atom is -0.362 e. The van der Waals surface area contributed by atoms with Crippen molar-refractivity contribution >= 4 is 11.6 Å². The predicted octanol–water partition coefficient (Wildman–Crippen LogP) is 1.71. The second-order valence-electron chi connectivity index (χ2n) is 6.07. The van der Waals surface area contributed by atoms with E-state index in [4.69, 9.17) is 5.84 Å². The number of imidazole rings is 1. The zero-order valence-electron chi connectivity index (χ0n) is 13.2. The molecule has 0 radical (unpaired) electrons. The van der Waals surface area contributed by atoms with Crippen LogP contribution in [0.25, 0.3) is 0 Å². The first-order valence-corrected chi connectivity index (χ1v) is 6.88. The van der Waals surface area contributed by atoms with Crippen LogP contribution >= 0.6 is 0 Å². The number of hydrogen-bond acceptors (Lipinski definition) is 6. The maximum Gasteiger partial charge on any atom is 0.148 e. The molecule has 2 rings (SSSR count). The summed E-state index contributed by atoms with van der Waals surface area (Å²) < 4.78 is 1.97. The highest BCUT2D eigenvalue weighted by Crippen LogP contribution is 2.26. The number of hydrazine groups is 1. The van der Waals surface area contributed by atoms with Crippen LogP contribution in [0.3, 0.4) is 0 Å². The molecule has 2 heterocycles. The van der Waals surface area contributed by atoms with Crippen LogP contribution in [0, 0.1) is 6.92 Å². The summed E-state index contributed by atoms with van der Waals surface area (Å²) in [5, 5.41) is 3.31. The SMILES string of the molecule is Cc1c(NN)nc(C(C)(C)C)nc1NCc1nccn1C. The average molecular weight is 289 g/mol. The van der Waals surface area contributed by atoms with Crippen molar-refractivity contribution in [1.82, 2.24) is 19.5 Å². The summed E-state index contributed by atoms with van der Waals surface area (Å²) >= 11 is 0. The fraction of sp³-hybridized carbons (Fsp3) is 0.500. The second-order valence-corrected chi connectivity index (χ2v) is 6.07. The number of rotatable bonds is 4. The van der Waals surface area contributed by atoms with Crippen LogP contribution < -0.4 is 16.6 Å². The molecular weight excluding hydrogens is 266 g/mol. The van der Waals surface area contributed by atoms with Crippen molar-refractivity contribution in [3.8, 4) is 0 Å². The van der Waals surface area contributed by atoms with Crippen LogP contribution in [-0.2, 0) is 19.0 Å². The molecule has 0 saturated heterocycles. The first kappa shape index (κ1) is 15.2. The van der Waals surface area contributed by atoms with Crippen LogP contribution in [0.15, 0.2) is 12.4 Å². The summed E-state index contributed by atoms with van der Waals surface area (Å²) in [6.45, 7) is 8.73. The number of anilines is 2. The first-order valence-electron chi connectivity index (χ1n) is 6.88. The van der Waals surface area contributed by atoms with E-state index in [-0.39, 0.29) is 5.41 Å². The van der Waals surface area contributed by atoms with Crippen molar-refractivity contribution in [2.75, 3.05) is 10.7 Å². The molecule has 0 amide bonds. The van der Waals surface area contributed by atoms with E-state index in [1.807, 2.05) is 24.7 Å². The topological polar surface area (TPSA) is 93.7 Å². The Morgan fingerprint density at radius 2 is 1.90 bits per heavy atom. The summed E-state index contributed by atoms with van der Waals surface area (Å²) in [7, 11) is 1.96. The Labute approximate surface area is 125 Å². The molecule has 0 aromatic carbocycles. The lowest BCUT2D eigenvalue weighted by Gasteiger charge is -2.20. The lowest BCUT2D eigenvalue weighted by molar-refractivity contribution is 0.546. The molecule has 0 bridgehead atoms. The Bertz CT molecular complexity index is 625. The van der Waals surface area contributed by atoms with E-state index >= 15 is 0 Å². The van der Waals surface area contributed by atoms with Gasteiger partial charge in [-0.1, -0.05) is 20.8 Å². The van der Waals surface area contributed by atoms with Gasteiger partial charge in [-0.25, -0.2) is 20.8 Å². The molecule has 7 nitrogen and oxygen atoms in total. The van der Waals surface area contributed by atoms with Crippen LogP contribution in [0.4, 0.5) is 11.6 Å². The number of nitrogens with zero attached hydrogens (tertiary/aromatic N) is 4. The Morgan fingerprint density at radius 3 is 2.43 bits per heavy atom. The molecule has 0 fully saturated rings. The normalized spacial score (nSPS) is 11.5. The lowest BCUT2D eigenvalue weighted by atomic mass is 9.95. The molecule has 2 aromatic heterocycles. The third kappa shape index (κ3) is 3.30. The van der Waals surface area contributed by atoms with Gasteiger partial charge in [0.15, 0.2) is 0 Å². The van der Waals surface area contributed by atoms with Crippen molar-refractivity contribution in [3.05, 3.63) is 29.6 Å². The number of hydrogen-bond donors (Lipinski definition) is 3. The molecule has 0 unspecified atom stereocenters. The summed E-state index contributed by atoms with van der Waals surface area (Å²) in [4.78, 5) is 13.4. The molecule has 0 aliphatic heterocycles. The van der Waals surface area contributed by atoms with E-state index < -0.39 is 0 Å². The fourth-order valence-corrected chi connectivity index (χ4v) is 1.89. The van der Waals surface area contributed by atoms with E-state index in [0.717, 1.165) is 23.0 Å². The average Bonchev–Trinajstić information content (AvgIpc) is 2.82. The molecule has 0 atom stereocenters. The number of nitrogens with one attached hydrogen (secondary N) is 2. The number of nitrogen functional groups attached to an aromatic ring is 1. The van der Waals surface area contributed by atoms with Gasteiger partial charge >= 0.3 is 0 Å². The zero-order valence-corrected chi connectivity index (χ0v) is 13.2. The smallest absolute Gasteiger partial charge is 0.148 e. The number of aryl methyl sites for hydroxylation is 1. The third-order valence-corrected chi connectivity index (χ3v) is 3.29. The van der Waals surface area contributed by atoms with Gasteiger partial charge in [-0.3, -0.25) is 0 Å². The van der Waals surface area contributed by atoms with Gasteiger partial charge in [-0.2, -0.15) is 0 Å². The first-order chi connectivity index (χ1) is 9.82. The maximum atomic E-state index is 5.56. The molecule has 21 heavy (non-hydrogen) atoms. The van der Waals surface area contributed by atoms with Gasteiger partial charge in [0.2, 0.25) is 0 Å². The van der Waals surface area contributed by atoms with Gasteiger partial charge < -0.3 is 15.3 Å². The van der Waals surface area contributed by atoms with Gasteiger partial charge in [0, 0.05) is 30.4 Å². The lowest BCUT2D eigenvalue weighted by Crippen LogP contribution is -2.21. The van der Waals surface area contributed by atoms with Crippen LogP contribution in [0.1, 0.15) is 38.0 Å². The van der Waals surface area contributed by atoms with Crippen molar-refractivity contribution in [2.24, 2.45) is 12.9 Å². The Kier molecular flexibility index (Phi) is 4.13. The van der Waals surface area contributed by atoms with Crippen LogP contribution in [0.2, 0.25) is 0 Å². The van der Waals surface area contributed by atoms with E-state index in [2.05, 4.69) is 46.5 Å². The highest BCUT2D eigenvalue weighted by Gasteiger charge is 2.21. The largest absolute Gasteiger partial charge is 0.362 e. The van der Waals surface area contributed by atoms with Crippen molar-refractivity contribution in [1.29, 1.82) is 0 Å². The molecule has 114 valence electrons. The van der Waals surface area contributed by atoms with Gasteiger partial charge in [-0.05, 0) is 6.92 Å².